The fourth-order valence-electron chi connectivity index (χ4n) is 1.01. The molecule has 0 aliphatic rings. The van der Waals surface area contributed by atoms with Crippen LogP contribution in [0.25, 0.3) is 0 Å². The lowest BCUT2D eigenvalue weighted by Gasteiger charge is -2.01. The van der Waals surface area contributed by atoms with Crippen molar-refractivity contribution in [3.8, 4) is 0 Å². The lowest BCUT2D eigenvalue weighted by molar-refractivity contribution is 0.587. The number of nitrogens with zero attached hydrogens (tertiary/aromatic N) is 1. The van der Waals surface area contributed by atoms with E-state index in [1.54, 1.807) is 4.57 Å². The zero-order valence-corrected chi connectivity index (χ0v) is 8.06. The molecule has 0 fully saturated rings. The number of hydrogen-bond donors (Lipinski definition) is 1. The average molecular weight is 186 g/mol. The second-order valence-corrected chi connectivity index (χ2v) is 3.43. The summed E-state index contributed by atoms with van der Waals surface area (Å²) in [5.74, 6) is 0. The highest BCUT2D eigenvalue weighted by Gasteiger charge is 1.94. The third-order valence-corrected chi connectivity index (χ3v) is 2.34. The Kier molecular flexibility index (Phi) is 4.04. The number of aromatic nitrogens is 1. The summed E-state index contributed by atoms with van der Waals surface area (Å²) >= 11 is 1.26. The van der Waals surface area contributed by atoms with Gasteiger partial charge in [-0.2, -0.15) is 0 Å². The van der Waals surface area contributed by atoms with Crippen molar-refractivity contribution < 1.29 is 0 Å². The van der Waals surface area contributed by atoms with Gasteiger partial charge in [0.25, 0.3) is 0 Å². The molecule has 1 rings (SSSR count). The largest absolute Gasteiger partial charge is 0.317 e. The highest BCUT2D eigenvalue weighted by Crippen LogP contribution is 1.90. The molecule has 3 nitrogen and oxygen atoms in total. The van der Waals surface area contributed by atoms with Gasteiger partial charge in [0, 0.05) is 18.1 Å². The van der Waals surface area contributed by atoms with Crippen LogP contribution in [-0.2, 0) is 6.54 Å². The Hall–Kier alpha value is -0.610. The summed E-state index contributed by atoms with van der Waals surface area (Å²) in [6.07, 6.45) is 2.86. The lowest BCUT2D eigenvalue weighted by atomic mass is 10.4. The van der Waals surface area contributed by atoms with Crippen LogP contribution in [0.1, 0.15) is 13.3 Å². The van der Waals surface area contributed by atoms with Crippen LogP contribution in [0.2, 0.25) is 0 Å². The van der Waals surface area contributed by atoms with Crippen LogP contribution in [0.15, 0.2) is 16.4 Å². The van der Waals surface area contributed by atoms with Gasteiger partial charge in [-0.1, -0.05) is 18.3 Å². The van der Waals surface area contributed by atoms with Gasteiger partial charge in [0.15, 0.2) is 0 Å². The van der Waals surface area contributed by atoms with Gasteiger partial charge < -0.3 is 9.88 Å². The van der Waals surface area contributed by atoms with Crippen LogP contribution in [0.4, 0.5) is 0 Å². The Morgan fingerprint density at radius 3 is 3.08 bits per heavy atom. The maximum Gasteiger partial charge on any atom is 0.307 e. The van der Waals surface area contributed by atoms with Gasteiger partial charge in [-0.25, -0.2) is 0 Å². The Balaban J connectivity index is 2.24. The molecule has 1 N–H and O–H groups in total. The number of rotatable bonds is 5. The molecule has 1 heterocycles. The molecular formula is C8H14N2OS. The Bertz CT molecular complexity index is 266. The van der Waals surface area contributed by atoms with E-state index in [0.29, 0.717) is 0 Å². The standard InChI is InChI=1S/C8H14N2OS/c1-2-9-4-3-5-10-6-7-12-8(10)11/h6-7,9H,2-5H2,1H3. The Labute approximate surface area is 76.0 Å². The zero-order valence-electron chi connectivity index (χ0n) is 7.25. The van der Waals surface area contributed by atoms with E-state index in [-0.39, 0.29) is 4.87 Å². The first-order valence-corrected chi connectivity index (χ1v) is 5.07. The maximum absolute atomic E-state index is 11.0. The number of thiazole rings is 1. The van der Waals surface area contributed by atoms with E-state index in [4.69, 9.17) is 0 Å². The number of hydrogen-bond acceptors (Lipinski definition) is 3. The van der Waals surface area contributed by atoms with Gasteiger partial charge in [-0.3, -0.25) is 4.79 Å². The summed E-state index contributed by atoms with van der Waals surface area (Å²) in [5, 5.41) is 5.05. The highest BCUT2D eigenvalue weighted by molar-refractivity contribution is 7.07. The SMILES string of the molecule is CCNCCCn1ccsc1=O. The molecule has 68 valence electrons. The van der Waals surface area contributed by atoms with E-state index in [2.05, 4.69) is 12.2 Å². The maximum atomic E-state index is 11.0. The quantitative estimate of drug-likeness (QED) is 0.693. The van der Waals surface area contributed by atoms with Crippen molar-refractivity contribution in [3.63, 3.8) is 0 Å². The summed E-state index contributed by atoms with van der Waals surface area (Å²) < 4.78 is 1.75. The van der Waals surface area contributed by atoms with Crippen LogP contribution in [0.5, 0.6) is 0 Å². The number of aryl methyl sites for hydroxylation is 1. The summed E-state index contributed by atoms with van der Waals surface area (Å²) in [5.41, 5.74) is 0. The molecule has 0 aromatic carbocycles. The van der Waals surface area contributed by atoms with Gasteiger partial charge >= 0.3 is 4.87 Å². The summed E-state index contributed by atoms with van der Waals surface area (Å²) in [4.78, 5) is 11.2. The minimum atomic E-state index is 0.145. The van der Waals surface area contributed by atoms with E-state index in [1.807, 2.05) is 11.6 Å². The average Bonchev–Trinajstić information content (AvgIpc) is 2.46. The van der Waals surface area contributed by atoms with Gasteiger partial charge in [0.1, 0.15) is 0 Å². The fourth-order valence-corrected chi connectivity index (χ4v) is 1.62. The third-order valence-electron chi connectivity index (χ3n) is 1.65. The van der Waals surface area contributed by atoms with Crippen molar-refractivity contribution in [3.05, 3.63) is 21.2 Å². The monoisotopic (exact) mass is 186 g/mol. The Morgan fingerprint density at radius 1 is 1.67 bits per heavy atom. The van der Waals surface area contributed by atoms with Crippen molar-refractivity contribution in [1.29, 1.82) is 0 Å². The van der Waals surface area contributed by atoms with Gasteiger partial charge in [-0.05, 0) is 19.5 Å². The Morgan fingerprint density at radius 2 is 2.50 bits per heavy atom. The van der Waals surface area contributed by atoms with Crippen molar-refractivity contribution in [1.82, 2.24) is 9.88 Å². The third kappa shape index (κ3) is 2.79. The van der Waals surface area contributed by atoms with Crippen molar-refractivity contribution in [2.75, 3.05) is 13.1 Å². The van der Waals surface area contributed by atoms with Crippen LogP contribution in [0, 0.1) is 0 Å². The first kappa shape index (κ1) is 9.48. The minimum Gasteiger partial charge on any atom is -0.317 e. The minimum absolute atomic E-state index is 0.145. The predicted octanol–water partition coefficient (Wildman–Crippen LogP) is 0.909. The lowest BCUT2D eigenvalue weighted by Crippen LogP contribution is -2.18. The molecule has 1 aromatic heterocycles. The van der Waals surface area contributed by atoms with E-state index in [1.165, 1.54) is 11.3 Å². The molecule has 0 aliphatic heterocycles. The van der Waals surface area contributed by atoms with E-state index < -0.39 is 0 Å². The summed E-state index contributed by atoms with van der Waals surface area (Å²) in [6.45, 7) is 4.89. The van der Waals surface area contributed by atoms with Gasteiger partial charge in [-0.15, -0.1) is 0 Å². The van der Waals surface area contributed by atoms with Crippen LogP contribution < -0.4 is 10.2 Å². The molecule has 12 heavy (non-hydrogen) atoms. The molecule has 0 amide bonds. The second-order valence-electron chi connectivity index (χ2n) is 2.57. The van der Waals surface area contributed by atoms with E-state index in [0.717, 1.165) is 26.1 Å². The summed E-state index contributed by atoms with van der Waals surface area (Å²) in [6, 6.07) is 0. The molecule has 0 bridgehead atoms. The molecule has 0 radical (unpaired) electrons. The van der Waals surface area contributed by atoms with Crippen LogP contribution >= 0.6 is 11.3 Å². The van der Waals surface area contributed by atoms with E-state index >= 15 is 0 Å². The molecule has 0 saturated heterocycles. The topological polar surface area (TPSA) is 34.0 Å². The molecule has 1 aromatic rings. The van der Waals surface area contributed by atoms with Gasteiger partial charge in [0.05, 0.1) is 0 Å². The first-order chi connectivity index (χ1) is 5.84. The van der Waals surface area contributed by atoms with Crippen LogP contribution in [0.3, 0.4) is 0 Å². The van der Waals surface area contributed by atoms with Crippen molar-refractivity contribution in [2.24, 2.45) is 0 Å². The molecule has 0 spiro atoms. The van der Waals surface area contributed by atoms with Crippen molar-refractivity contribution >= 4 is 11.3 Å². The first-order valence-electron chi connectivity index (χ1n) is 4.19. The van der Waals surface area contributed by atoms with Crippen LogP contribution in [-0.4, -0.2) is 17.7 Å². The summed E-state index contributed by atoms with van der Waals surface area (Å²) in [7, 11) is 0. The van der Waals surface area contributed by atoms with Crippen molar-refractivity contribution in [2.45, 2.75) is 19.9 Å². The molecule has 0 saturated carbocycles. The smallest absolute Gasteiger partial charge is 0.307 e. The second kappa shape index (κ2) is 5.11. The zero-order chi connectivity index (χ0) is 8.81. The highest BCUT2D eigenvalue weighted by atomic mass is 32.1. The normalized spacial score (nSPS) is 10.4. The fraction of sp³-hybridized carbons (Fsp3) is 0.625. The molecular weight excluding hydrogens is 172 g/mol. The van der Waals surface area contributed by atoms with Gasteiger partial charge in [0.2, 0.25) is 0 Å². The van der Waals surface area contributed by atoms with E-state index in [9.17, 15) is 4.79 Å². The molecule has 0 aliphatic carbocycles. The molecule has 4 heteroatoms. The molecule has 0 atom stereocenters. The number of nitrogens with one attached hydrogen (secondary N) is 1. The molecule has 0 unspecified atom stereocenters. The predicted molar refractivity (Wildman–Crippen MR) is 51.7 cm³/mol.